The van der Waals surface area contributed by atoms with Crippen LogP contribution in [0.1, 0.15) is 37.6 Å². The summed E-state index contributed by atoms with van der Waals surface area (Å²) in [6, 6.07) is 8.77. The molecule has 40 heavy (non-hydrogen) atoms. The van der Waals surface area contributed by atoms with Crippen molar-refractivity contribution in [1.82, 2.24) is 14.7 Å². The number of fused-ring (bicyclic) bond motifs is 2. The lowest BCUT2D eigenvalue weighted by Crippen LogP contribution is -2.61. The molecule has 2 aromatic carbocycles. The first-order valence-corrected chi connectivity index (χ1v) is 14.2. The molecule has 3 aliphatic rings. The van der Waals surface area contributed by atoms with E-state index in [0.717, 1.165) is 13.1 Å². The molecule has 0 aromatic heterocycles. The van der Waals surface area contributed by atoms with Gasteiger partial charge in [0.25, 0.3) is 11.8 Å². The highest BCUT2D eigenvalue weighted by Crippen LogP contribution is 2.35. The number of piperazine rings is 1. The van der Waals surface area contributed by atoms with E-state index in [1.54, 1.807) is 45.0 Å². The van der Waals surface area contributed by atoms with Crippen molar-refractivity contribution in [3.63, 3.8) is 0 Å². The van der Waals surface area contributed by atoms with E-state index < -0.39 is 11.9 Å². The van der Waals surface area contributed by atoms with Crippen LogP contribution in [-0.4, -0.2) is 97.5 Å². The normalized spacial score (nSPS) is 20.3. The predicted molar refractivity (Wildman–Crippen MR) is 152 cm³/mol. The lowest BCUT2D eigenvalue weighted by Gasteiger charge is -2.41. The third-order valence-corrected chi connectivity index (χ3v) is 7.97. The van der Waals surface area contributed by atoms with Gasteiger partial charge in [0.1, 0.15) is 11.9 Å². The van der Waals surface area contributed by atoms with Crippen molar-refractivity contribution in [3.8, 4) is 11.1 Å². The Labute approximate surface area is 239 Å². The zero-order valence-corrected chi connectivity index (χ0v) is 24.0. The number of carbonyl (C=O) groups is 3. The largest absolute Gasteiger partial charge is 0.379 e. The monoisotopic (exact) mass is 570 g/mol. The Morgan fingerprint density at radius 2 is 1.75 bits per heavy atom. The fraction of sp³-hybridized carbons (Fsp3) is 0.500. The summed E-state index contributed by atoms with van der Waals surface area (Å²) in [5.74, 6) is -1.01. The molecule has 0 spiro atoms. The number of halogens is 2. The highest BCUT2D eigenvalue weighted by molar-refractivity contribution is 6.30. The van der Waals surface area contributed by atoms with Crippen LogP contribution >= 0.6 is 11.6 Å². The van der Waals surface area contributed by atoms with Crippen molar-refractivity contribution in [2.24, 2.45) is 5.41 Å². The van der Waals surface area contributed by atoms with Crippen LogP contribution in [-0.2, 0) is 14.3 Å². The predicted octanol–water partition coefficient (Wildman–Crippen LogP) is 3.91. The molecule has 0 saturated carbocycles. The van der Waals surface area contributed by atoms with Gasteiger partial charge in [0.15, 0.2) is 0 Å². The summed E-state index contributed by atoms with van der Waals surface area (Å²) in [6.45, 7) is 10.6. The molecule has 3 amide bonds. The number of amides is 3. The lowest BCUT2D eigenvalue weighted by atomic mass is 9.91. The van der Waals surface area contributed by atoms with E-state index in [0.29, 0.717) is 61.6 Å². The molecule has 10 heteroatoms. The molecule has 2 aromatic rings. The Hall–Kier alpha value is -3.01. The molecule has 0 unspecified atom stereocenters. The summed E-state index contributed by atoms with van der Waals surface area (Å²) in [5.41, 5.74) is 1.51. The summed E-state index contributed by atoms with van der Waals surface area (Å²) in [5, 5.41) is 0.286. The SMILES string of the molecule is CC(C)(C)CC(=O)N1CCN2C(=O)c3cc(-c4ccc(Cl)cc4F)ccc3N(CCN3CCOCC3)C(=O)[C@@H]2C1. The summed E-state index contributed by atoms with van der Waals surface area (Å²) >= 11 is 5.96. The molecule has 3 heterocycles. The minimum atomic E-state index is -0.794. The molecule has 0 bridgehead atoms. The molecule has 8 nitrogen and oxygen atoms in total. The molecule has 2 fully saturated rings. The number of ether oxygens (including phenoxy) is 1. The van der Waals surface area contributed by atoms with Gasteiger partial charge in [0.2, 0.25) is 5.91 Å². The van der Waals surface area contributed by atoms with Gasteiger partial charge in [-0.25, -0.2) is 4.39 Å². The van der Waals surface area contributed by atoms with Gasteiger partial charge in [-0.15, -0.1) is 0 Å². The Morgan fingerprint density at radius 3 is 2.45 bits per heavy atom. The molecule has 1 atom stereocenters. The summed E-state index contributed by atoms with van der Waals surface area (Å²) in [4.78, 5) is 48.4. The van der Waals surface area contributed by atoms with Gasteiger partial charge in [0, 0.05) is 56.3 Å². The molecule has 0 radical (unpaired) electrons. The number of anilines is 1. The second-order valence-electron chi connectivity index (χ2n) is 11.9. The summed E-state index contributed by atoms with van der Waals surface area (Å²) in [6.07, 6.45) is 0.360. The fourth-order valence-corrected chi connectivity index (χ4v) is 5.77. The van der Waals surface area contributed by atoms with E-state index in [1.165, 1.54) is 6.07 Å². The molecule has 2 saturated heterocycles. The van der Waals surface area contributed by atoms with E-state index in [9.17, 15) is 18.8 Å². The first-order chi connectivity index (χ1) is 19.0. The van der Waals surface area contributed by atoms with Crippen LogP contribution in [0.25, 0.3) is 11.1 Å². The molecule has 5 rings (SSSR count). The van der Waals surface area contributed by atoms with Crippen LogP contribution in [0.2, 0.25) is 5.02 Å². The van der Waals surface area contributed by atoms with E-state index >= 15 is 0 Å². The number of rotatable bonds is 5. The number of morpholine rings is 1. The van der Waals surface area contributed by atoms with Crippen LogP contribution in [0.3, 0.4) is 0 Å². The zero-order valence-electron chi connectivity index (χ0n) is 23.3. The Bertz CT molecular complexity index is 1310. The highest BCUT2D eigenvalue weighted by atomic mass is 35.5. The van der Waals surface area contributed by atoms with Crippen molar-refractivity contribution in [2.75, 3.05) is 63.9 Å². The van der Waals surface area contributed by atoms with Crippen molar-refractivity contribution in [1.29, 1.82) is 0 Å². The van der Waals surface area contributed by atoms with E-state index in [1.807, 2.05) is 20.8 Å². The second-order valence-corrected chi connectivity index (χ2v) is 12.3. The van der Waals surface area contributed by atoms with Crippen LogP contribution < -0.4 is 4.90 Å². The lowest BCUT2D eigenvalue weighted by molar-refractivity contribution is -0.137. The van der Waals surface area contributed by atoms with Gasteiger partial charge in [0.05, 0.1) is 31.0 Å². The van der Waals surface area contributed by atoms with Crippen LogP contribution in [0.4, 0.5) is 10.1 Å². The number of hydrogen-bond donors (Lipinski definition) is 0. The second kappa shape index (κ2) is 11.5. The van der Waals surface area contributed by atoms with E-state index in [-0.39, 0.29) is 41.2 Å². The van der Waals surface area contributed by atoms with Gasteiger partial charge in [-0.2, -0.15) is 0 Å². The van der Waals surface area contributed by atoms with Crippen LogP contribution in [0, 0.1) is 11.2 Å². The maximum atomic E-state index is 14.8. The number of hydrogen-bond acceptors (Lipinski definition) is 5. The number of nitrogens with zero attached hydrogens (tertiary/aromatic N) is 4. The van der Waals surface area contributed by atoms with E-state index in [4.69, 9.17) is 16.3 Å². The topological polar surface area (TPSA) is 73.4 Å². The van der Waals surface area contributed by atoms with Crippen LogP contribution in [0.15, 0.2) is 36.4 Å². The average molecular weight is 571 g/mol. The third kappa shape index (κ3) is 6.01. The Balaban J connectivity index is 1.50. The smallest absolute Gasteiger partial charge is 0.256 e. The fourth-order valence-electron chi connectivity index (χ4n) is 5.61. The van der Waals surface area contributed by atoms with Gasteiger partial charge in [-0.3, -0.25) is 19.3 Å². The first-order valence-electron chi connectivity index (χ1n) is 13.8. The standard InChI is InChI=1S/C30H36ClFN4O4/c1-30(2,3)18-27(37)34-9-11-36-26(19-34)29(39)35(10-8-33-12-14-40-15-13-33)25-7-4-20(16-23(25)28(36)38)22-6-5-21(31)17-24(22)32/h4-7,16-17,26H,8-15,18-19H2,1-3H3/t26-/m0/s1. The molecule has 0 N–H and O–H groups in total. The van der Waals surface area contributed by atoms with Gasteiger partial charge in [-0.05, 0) is 41.3 Å². The molecular weight excluding hydrogens is 535 g/mol. The maximum Gasteiger partial charge on any atom is 0.256 e. The van der Waals surface area contributed by atoms with Crippen molar-refractivity contribution in [3.05, 3.63) is 52.8 Å². The minimum absolute atomic E-state index is 0.0190. The summed E-state index contributed by atoms with van der Waals surface area (Å²) in [7, 11) is 0. The minimum Gasteiger partial charge on any atom is -0.379 e. The molecule has 3 aliphatic heterocycles. The van der Waals surface area contributed by atoms with Gasteiger partial charge >= 0.3 is 0 Å². The molecule has 214 valence electrons. The maximum absolute atomic E-state index is 14.8. The zero-order chi connectivity index (χ0) is 28.6. The average Bonchev–Trinajstić information content (AvgIpc) is 3.00. The highest BCUT2D eigenvalue weighted by Gasteiger charge is 2.44. The first kappa shape index (κ1) is 28.5. The van der Waals surface area contributed by atoms with Crippen molar-refractivity contribution in [2.45, 2.75) is 33.2 Å². The third-order valence-electron chi connectivity index (χ3n) is 7.73. The van der Waals surface area contributed by atoms with Gasteiger partial charge < -0.3 is 19.4 Å². The Morgan fingerprint density at radius 1 is 1.00 bits per heavy atom. The number of benzene rings is 2. The van der Waals surface area contributed by atoms with Crippen LogP contribution in [0.5, 0.6) is 0 Å². The van der Waals surface area contributed by atoms with Crippen molar-refractivity contribution >= 4 is 35.0 Å². The Kier molecular flexibility index (Phi) is 8.17. The number of carbonyl (C=O) groups excluding carboxylic acids is 3. The van der Waals surface area contributed by atoms with E-state index in [2.05, 4.69) is 4.90 Å². The molecule has 0 aliphatic carbocycles. The summed E-state index contributed by atoms with van der Waals surface area (Å²) < 4.78 is 20.3. The van der Waals surface area contributed by atoms with Crippen molar-refractivity contribution < 1.29 is 23.5 Å². The molecular formula is C30H36ClFN4O4. The van der Waals surface area contributed by atoms with Gasteiger partial charge in [-0.1, -0.05) is 38.4 Å². The quantitative estimate of drug-likeness (QED) is 0.545.